The van der Waals surface area contributed by atoms with Crippen LogP contribution in [-0.4, -0.2) is 37.9 Å². The molecule has 1 aromatic rings. The van der Waals surface area contributed by atoms with Crippen molar-refractivity contribution >= 4 is 30.1 Å². The highest BCUT2D eigenvalue weighted by atomic mass is 35.5. The van der Waals surface area contributed by atoms with E-state index in [2.05, 4.69) is 17.6 Å². The van der Waals surface area contributed by atoms with Gasteiger partial charge in [-0.2, -0.15) is 0 Å². The summed E-state index contributed by atoms with van der Waals surface area (Å²) in [5.74, 6) is 0.631. The van der Waals surface area contributed by atoms with E-state index in [1.54, 1.807) is 18.7 Å². The summed E-state index contributed by atoms with van der Waals surface area (Å²) in [4.78, 5) is 13.0. The van der Waals surface area contributed by atoms with E-state index in [1.807, 2.05) is 30.5 Å². The van der Waals surface area contributed by atoms with Gasteiger partial charge in [-0.25, -0.2) is 0 Å². The Bertz CT molecular complexity index is 401. The second kappa shape index (κ2) is 11.7. The molecule has 0 bridgehead atoms. The van der Waals surface area contributed by atoms with E-state index in [0.717, 1.165) is 25.3 Å². The zero-order chi connectivity index (χ0) is 14.8. The monoisotopic (exact) mass is 332 g/mol. The van der Waals surface area contributed by atoms with Gasteiger partial charge in [0.15, 0.2) is 6.10 Å². The fourth-order valence-electron chi connectivity index (χ4n) is 1.63. The molecule has 0 aliphatic heterocycles. The number of amides is 1. The molecule has 0 saturated carbocycles. The fraction of sp³-hybridized carbons (Fsp3) is 0.533. The zero-order valence-corrected chi connectivity index (χ0v) is 14.5. The zero-order valence-electron chi connectivity index (χ0n) is 12.8. The molecule has 6 heteroatoms. The Hall–Kier alpha value is -0.910. The maximum Gasteiger partial charge on any atom is 0.260 e. The lowest BCUT2D eigenvalue weighted by atomic mass is 10.3. The van der Waals surface area contributed by atoms with Crippen LogP contribution in [0, 0.1) is 0 Å². The molecule has 21 heavy (non-hydrogen) atoms. The van der Waals surface area contributed by atoms with Crippen molar-refractivity contribution in [2.75, 3.05) is 25.9 Å². The van der Waals surface area contributed by atoms with Crippen LogP contribution in [0.25, 0.3) is 0 Å². The van der Waals surface area contributed by atoms with Crippen LogP contribution in [-0.2, 0) is 4.79 Å². The van der Waals surface area contributed by atoms with Crippen molar-refractivity contribution in [1.82, 2.24) is 10.6 Å². The molecule has 0 saturated heterocycles. The second-order valence-corrected chi connectivity index (χ2v) is 5.36. The molecule has 1 aromatic carbocycles. The third-order valence-corrected chi connectivity index (χ3v) is 3.51. The van der Waals surface area contributed by atoms with Gasteiger partial charge >= 0.3 is 0 Å². The highest BCUT2D eigenvalue weighted by Crippen LogP contribution is 2.19. The van der Waals surface area contributed by atoms with Gasteiger partial charge in [-0.3, -0.25) is 4.79 Å². The number of carbonyl (C=O) groups excluding carboxylic acids is 1. The summed E-state index contributed by atoms with van der Waals surface area (Å²) in [5.41, 5.74) is 0. The van der Waals surface area contributed by atoms with E-state index < -0.39 is 6.10 Å². The first-order valence-corrected chi connectivity index (χ1v) is 8.19. The standard InChI is InChI=1S/C15H24N2O2S.ClH/c1-4-9-16-10-11-17-15(18)12(2)19-13-5-7-14(20-3)8-6-13;/h5-8,12,16H,4,9-11H2,1-3H3,(H,17,18);1H. The number of nitrogens with one attached hydrogen (secondary N) is 2. The quantitative estimate of drug-likeness (QED) is 0.539. The minimum absolute atomic E-state index is 0. The average molecular weight is 333 g/mol. The molecular formula is C15H25ClN2O2S. The summed E-state index contributed by atoms with van der Waals surface area (Å²) in [6.07, 6.45) is 2.64. The Morgan fingerprint density at radius 1 is 1.24 bits per heavy atom. The maximum absolute atomic E-state index is 11.8. The molecular weight excluding hydrogens is 308 g/mol. The third kappa shape index (κ3) is 8.19. The first kappa shape index (κ1) is 20.1. The number of carbonyl (C=O) groups is 1. The van der Waals surface area contributed by atoms with Crippen LogP contribution in [0.3, 0.4) is 0 Å². The summed E-state index contributed by atoms with van der Waals surface area (Å²) in [6.45, 7) is 6.26. The number of hydrogen-bond donors (Lipinski definition) is 2. The van der Waals surface area contributed by atoms with Gasteiger partial charge in [0, 0.05) is 18.0 Å². The van der Waals surface area contributed by atoms with Crippen molar-refractivity contribution in [2.45, 2.75) is 31.3 Å². The first-order chi connectivity index (χ1) is 9.67. The Morgan fingerprint density at radius 3 is 2.48 bits per heavy atom. The maximum atomic E-state index is 11.8. The summed E-state index contributed by atoms with van der Waals surface area (Å²) in [7, 11) is 0. The summed E-state index contributed by atoms with van der Waals surface area (Å²) in [6, 6.07) is 7.75. The van der Waals surface area contributed by atoms with Crippen LogP contribution < -0.4 is 15.4 Å². The van der Waals surface area contributed by atoms with Crippen molar-refractivity contribution in [3.63, 3.8) is 0 Å². The molecule has 0 aliphatic carbocycles. The van der Waals surface area contributed by atoms with Crippen molar-refractivity contribution in [3.05, 3.63) is 24.3 Å². The number of rotatable bonds is 9. The van der Waals surface area contributed by atoms with Gasteiger partial charge in [-0.05, 0) is 50.4 Å². The number of thioether (sulfide) groups is 1. The van der Waals surface area contributed by atoms with Crippen LogP contribution in [0.5, 0.6) is 5.75 Å². The predicted molar refractivity (Wildman–Crippen MR) is 91.7 cm³/mol. The van der Waals surface area contributed by atoms with Gasteiger partial charge in [-0.1, -0.05) is 6.92 Å². The molecule has 0 heterocycles. The molecule has 1 unspecified atom stereocenters. The van der Waals surface area contributed by atoms with Crippen LogP contribution in [0.4, 0.5) is 0 Å². The van der Waals surface area contributed by atoms with Gasteiger partial charge in [0.25, 0.3) is 5.91 Å². The van der Waals surface area contributed by atoms with E-state index in [1.165, 1.54) is 4.90 Å². The lowest BCUT2D eigenvalue weighted by Crippen LogP contribution is -2.39. The van der Waals surface area contributed by atoms with Crippen molar-refractivity contribution < 1.29 is 9.53 Å². The van der Waals surface area contributed by atoms with E-state index in [0.29, 0.717) is 6.54 Å². The highest BCUT2D eigenvalue weighted by molar-refractivity contribution is 7.98. The average Bonchev–Trinajstić information content (AvgIpc) is 2.47. The number of hydrogen-bond acceptors (Lipinski definition) is 4. The van der Waals surface area contributed by atoms with Crippen molar-refractivity contribution in [3.8, 4) is 5.75 Å². The molecule has 0 aliphatic rings. The van der Waals surface area contributed by atoms with E-state index >= 15 is 0 Å². The largest absolute Gasteiger partial charge is 0.481 e. The molecule has 0 spiro atoms. The number of benzene rings is 1. The van der Waals surface area contributed by atoms with Crippen LogP contribution >= 0.6 is 24.2 Å². The minimum atomic E-state index is -0.485. The molecule has 2 N–H and O–H groups in total. The van der Waals surface area contributed by atoms with Crippen LogP contribution in [0.15, 0.2) is 29.2 Å². The van der Waals surface area contributed by atoms with Gasteiger partial charge in [0.2, 0.25) is 0 Å². The Morgan fingerprint density at radius 2 is 1.90 bits per heavy atom. The molecule has 1 rings (SSSR count). The molecule has 1 amide bonds. The summed E-state index contributed by atoms with van der Waals surface area (Å²) in [5, 5.41) is 6.09. The Kier molecular flexibility index (Phi) is 11.2. The predicted octanol–water partition coefficient (Wildman–Crippen LogP) is 2.71. The summed E-state index contributed by atoms with van der Waals surface area (Å²) >= 11 is 1.68. The third-order valence-electron chi connectivity index (χ3n) is 2.77. The highest BCUT2D eigenvalue weighted by Gasteiger charge is 2.13. The van der Waals surface area contributed by atoms with E-state index in [-0.39, 0.29) is 18.3 Å². The number of halogens is 1. The van der Waals surface area contributed by atoms with E-state index in [9.17, 15) is 4.79 Å². The second-order valence-electron chi connectivity index (χ2n) is 4.48. The minimum Gasteiger partial charge on any atom is -0.481 e. The van der Waals surface area contributed by atoms with Gasteiger partial charge in [0.05, 0.1) is 0 Å². The summed E-state index contributed by atoms with van der Waals surface area (Å²) < 4.78 is 5.61. The van der Waals surface area contributed by atoms with Gasteiger partial charge in [-0.15, -0.1) is 24.2 Å². The normalized spacial score (nSPS) is 11.4. The van der Waals surface area contributed by atoms with Crippen LogP contribution in [0.1, 0.15) is 20.3 Å². The van der Waals surface area contributed by atoms with Crippen LogP contribution in [0.2, 0.25) is 0 Å². The first-order valence-electron chi connectivity index (χ1n) is 6.96. The SMILES string of the molecule is CCCNCCNC(=O)C(C)Oc1ccc(SC)cc1.Cl. The molecule has 0 fully saturated rings. The number of ether oxygens (including phenoxy) is 1. The molecule has 120 valence electrons. The lowest BCUT2D eigenvalue weighted by molar-refractivity contribution is -0.127. The smallest absolute Gasteiger partial charge is 0.260 e. The lowest BCUT2D eigenvalue weighted by Gasteiger charge is -2.15. The molecule has 1 atom stereocenters. The molecule has 4 nitrogen and oxygen atoms in total. The van der Waals surface area contributed by atoms with Crippen molar-refractivity contribution in [1.29, 1.82) is 0 Å². The van der Waals surface area contributed by atoms with Gasteiger partial charge < -0.3 is 15.4 Å². The fourth-order valence-corrected chi connectivity index (χ4v) is 2.04. The van der Waals surface area contributed by atoms with Crippen molar-refractivity contribution in [2.24, 2.45) is 0 Å². The Labute approximate surface area is 137 Å². The molecule has 0 aromatic heterocycles. The topological polar surface area (TPSA) is 50.4 Å². The van der Waals surface area contributed by atoms with Gasteiger partial charge in [0.1, 0.15) is 5.75 Å². The Balaban J connectivity index is 0.00000400. The molecule has 0 radical (unpaired) electrons. The van der Waals surface area contributed by atoms with E-state index in [4.69, 9.17) is 4.74 Å².